The first-order valence-electron chi connectivity index (χ1n) is 8.37. The molecule has 2 aromatic carbocycles. The SMILES string of the molecule is CCc1ccc([C@H](NCC(=O)Nc2ccccc2F)C(C)C)cc1. The number of carbonyl (C=O) groups is 1. The Hall–Kier alpha value is -2.20. The molecule has 1 amide bonds. The number of aryl methyl sites for hydroxylation is 1. The maximum atomic E-state index is 13.6. The largest absolute Gasteiger partial charge is 0.322 e. The summed E-state index contributed by atoms with van der Waals surface area (Å²) < 4.78 is 13.6. The van der Waals surface area contributed by atoms with Crippen LogP contribution in [0.25, 0.3) is 0 Å². The van der Waals surface area contributed by atoms with Gasteiger partial charge in [-0.05, 0) is 35.6 Å². The maximum absolute atomic E-state index is 13.6. The van der Waals surface area contributed by atoms with Crippen molar-refractivity contribution in [3.63, 3.8) is 0 Å². The fourth-order valence-corrected chi connectivity index (χ4v) is 2.66. The molecule has 24 heavy (non-hydrogen) atoms. The molecule has 128 valence electrons. The number of anilines is 1. The highest BCUT2D eigenvalue weighted by molar-refractivity contribution is 5.92. The highest BCUT2D eigenvalue weighted by Crippen LogP contribution is 2.22. The minimum absolute atomic E-state index is 0.0716. The third kappa shape index (κ3) is 4.90. The Morgan fingerprint density at radius 1 is 1.08 bits per heavy atom. The van der Waals surface area contributed by atoms with Crippen molar-refractivity contribution in [3.8, 4) is 0 Å². The first-order chi connectivity index (χ1) is 11.5. The number of rotatable bonds is 7. The van der Waals surface area contributed by atoms with Gasteiger partial charge in [0.2, 0.25) is 5.91 Å². The summed E-state index contributed by atoms with van der Waals surface area (Å²) in [4.78, 5) is 12.1. The van der Waals surface area contributed by atoms with Gasteiger partial charge in [0.1, 0.15) is 5.82 Å². The summed E-state index contributed by atoms with van der Waals surface area (Å²) >= 11 is 0. The molecule has 0 aliphatic rings. The smallest absolute Gasteiger partial charge is 0.238 e. The van der Waals surface area contributed by atoms with Crippen LogP contribution in [-0.2, 0) is 11.2 Å². The molecule has 0 radical (unpaired) electrons. The Kier molecular flexibility index (Phi) is 6.50. The monoisotopic (exact) mass is 328 g/mol. The number of hydrogen-bond donors (Lipinski definition) is 2. The number of carbonyl (C=O) groups excluding carboxylic acids is 1. The summed E-state index contributed by atoms with van der Waals surface area (Å²) in [5.74, 6) is -0.351. The average Bonchev–Trinajstić information content (AvgIpc) is 2.57. The van der Waals surface area contributed by atoms with E-state index in [0.29, 0.717) is 5.92 Å². The van der Waals surface area contributed by atoms with Crippen molar-refractivity contribution in [1.82, 2.24) is 5.32 Å². The molecule has 3 nitrogen and oxygen atoms in total. The van der Waals surface area contributed by atoms with E-state index in [1.54, 1.807) is 18.2 Å². The minimum atomic E-state index is -0.429. The molecule has 0 heterocycles. The molecule has 2 aromatic rings. The number of nitrogens with one attached hydrogen (secondary N) is 2. The second kappa shape index (κ2) is 8.60. The Labute approximate surface area is 143 Å². The molecular weight excluding hydrogens is 303 g/mol. The van der Waals surface area contributed by atoms with Crippen LogP contribution in [0.15, 0.2) is 48.5 Å². The molecule has 1 atom stereocenters. The highest BCUT2D eigenvalue weighted by atomic mass is 19.1. The van der Waals surface area contributed by atoms with Gasteiger partial charge < -0.3 is 10.6 Å². The quantitative estimate of drug-likeness (QED) is 0.795. The molecule has 0 aliphatic carbocycles. The lowest BCUT2D eigenvalue weighted by molar-refractivity contribution is -0.115. The highest BCUT2D eigenvalue weighted by Gasteiger charge is 2.17. The van der Waals surface area contributed by atoms with Crippen molar-refractivity contribution < 1.29 is 9.18 Å². The lowest BCUT2D eigenvalue weighted by Crippen LogP contribution is -2.33. The van der Waals surface area contributed by atoms with Crippen LogP contribution >= 0.6 is 0 Å². The number of benzene rings is 2. The normalized spacial score (nSPS) is 12.2. The molecule has 0 fully saturated rings. The van der Waals surface area contributed by atoms with Gasteiger partial charge in [-0.1, -0.05) is 57.2 Å². The number of hydrogen-bond acceptors (Lipinski definition) is 2. The molecule has 2 rings (SSSR count). The van der Waals surface area contributed by atoms with Crippen LogP contribution in [0, 0.1) is 11.7 Å². The summed E-state index contributed by atoms with van der Waals surface area (Å²) in [5, 5.41) is 5.88. The lowest BCUT2D eigenvalue weighted by atomic mass is 9.95. The van der Waals surface area contributed by atoms with Gasteiger partial charge in [0, 0.05) is 6.04 Å². The fraction of sp³-hybridized carbons (Fsp3) is 0.350. The predicted molar refractivity (Wildman–Crippen MR) is 96.4 cm³/mol. The number of para-hydroxylation sites is 1. The Bertz CT molecular complexity index is 668. The van der Waals surface area contributed by atoms with Crippen LogP contribution in [0.1, 0.15) is 37.9 Å². The molecule has 0 unspecified atom stereocenters. The number of amides is 1. The Morgan fingerprint density at radius 3 is 2.33 bits per heavy atom. The second-order valence-electron chi connectivity index (χ2n) is 6.23. The van der Waals surface area contributed by atoms with Crippen LogP contribution < -0.4 is 10.6 Å². The van der Waals surface area contributed by atoms with Crippen LogP contribution in [0.4, 0.5) is 10.1 Å². The first kappa shape index (κ1) is 18.1. The zero-order valence-electron chi connectivity index (χ0n) is 14.5. The van der Waals surface area contributed by atoms with Crippen molar-refractivity contribution in [2.24, 2.45) is 5.92 Å². The molecule has 0 aliphatic heterocycles. The third-order valence-corrected chi connectivity index (χ3v) is 4.04. The van der Waals surface area contributed by atoms with Crippen LogP contribution in [-0.4, -0.2) is 12.5 Å². The molecule has 0 aromatic heterocycles. The van der Waals surface area contributed by atoms with E-state index in [2.05, 4.69) is 55.7 Å². The molecule has 0 bridgehead atoms. The maximum Gasteiger partial charge on any atom is 0.238 e. The number of halogens is 1. The first-order valence-corrected chi connectivity index (χ1v) is 8.37. The predicted octanol–water partition coefficient (Wildman–Crippen LogP) is 4.31. The van der Waals surface area contributed by atoms with E-state index in [1.807, 2.05) is 0 Å². The molecule has 0 saturated heterocycles. The minimum Gasteiger partial charge on any atom is -0.322 e. The standard InChI is InChI=1S/C20H25FN2O/c1-4-15-9-11-16(12-10-15)20(14(2)3)22-13-19(24)23-18-8-6-5-7-17(18)21/h5-12,14,20,22H,4,13H2,1-3H3,(H,23,24)/t20-/m1/s1. The summed E-state index contributed by atoms with van der Waals surface area (Å²) in [7, 11) is 0. The van der Waals surface area contributed by atoms with Crippen LogP contribution in [0.2, 0.25) is 0 Å². The van der Waals surface area contributed by atoms with Gasteiger partial charge in [0.05, 0.1) is 12.2 Å². The lowest BCUT2D eigenvalue weighted by Gasteiger charge is -2.23. The zero-order valence-corrected chi connectivity index (χ0v) is 14.5. The van der Waals surface area contributed by atoms with E-state index in [1.165, 1.54) is 11.6 Å². The topological polar surface area (TPSA) is 41.1 Å². The molecule has 4 heteroatoms. The van der Waals surface area contributed by atoms with Gasteiger partial charge in [-0.3, -0.25) is 4.79 Å². The van der Waals surface area contributed by atoms with Crippen molar-refractivity contribution in [2.45, 2.75) is 33.2 Å². The van der Waals surface area contributed by atoms with Gasteiger partial charge >= 0.3 is 0 Å². The fourth-order valence-electron chi connectivity index (χ4n) is 2.66. The van der Waals surface area contributed by atoms with Crippen molar-refractivity contribution in [1.29, 1.82) is 0 Å². The molecule has 2 N–H and O–H groups in total. The van der Waals surface area contributed by atoms with Gasteiger partial charge in [0.15, 0.2) is 0 Å². The van der Waals surface area contributed by atoms with Crippen molar-refractivity contribution in [3.05, 3.63) is 65.5 Å². The summed E-state index contributed by atoms with van der Waals surface area (Å²) in [5.41, 5.74) is 2.65. The summed E-state index contributed by atoms with van der Waals surface area (Å²) in [6, 6.07) is 14.7. The van der Waals surface area contributed by atoms with E-state index in [4.69, 9.17) is 0 Å². The van der Waals surface area contributed by atoms with Gasteiger partial charge in [-0.15, -0.1) is 0 Å². The van der Waals surface area contributed by atoms with Gasteiger partial charge in [0.25, 0.3) is 0 Å². The van der Waals surface area contributed by atoms with E-state index in [-0.39, 0.29) is 24.2 Å². The zero-order chi connectivity index (χ0) is 17.5. The molecule has 0 saturated carbocycles. The van der Waals surface area contributed by atoms with Crippen LogP contribution in [0.3, 0.4) is 0 Å². The summed E-state index contributed by atoms with van der Waals surface area (Å²) in [6.45, 7) is 6.48. The molecule has 0 spiro atoms. The van der Waals surface area contributed by atoms with E-state index in [9.17, 15) is 9.18 Å². The third-order valence-electron chi connectivity index (χ3n) is 4.04. The van der Waals surface area contributed by atoms with Crippen molar-refractivity contribution in [2.75, 3.05) is 11.9 Å². The Balaban J connectivity index is 1.98. The average molecular weight is 328 g/mol. The van der Waals surface area contributed by atoms with Gasteiger partial charge in [-0.2, -0.15) is 0 Å². The van der Waals surface area contributed by atoms with E-state index in [0.717, 1.165) is 12.0 Å². The van der Waals surface area contributed by atoms with Crippen LogP contribution in [0.5, 0.6) is 0 Å². The summed E-state index contributed by atoms with van der Waals surface area (Å²) in [6.07, 6.45) is 1.01. The van der Waals surface area contributed by atoms with Crippen molar-refractivity contribution >= 4 is 11.6 Å². The molecular formula is C20H25FN2O. The Morgan fingerprint density at radius 2 is 1.75 bits per heavy atom. The van der Waals surface area contributed by atoms with E-state index >= 15 is 0 Å². The van der Waals surface area contributed by atoms with E-state index < -0.39 is 5.82 Å². The second-order valence-corrected chi connectivity index (χ2v) is 6.23. The van der Waals surface area contributed by atoms with Gasteiger partial charge in [-0.25, -0.2) is 4.39 Å².